The molecule has 1 nitrogen and oxygen atoms in total. The van der Waals surface area contributed by atoms with Crippen molar-refractivity contribution in [2.75, 3.05) is 0 Å². The third kappa shape index (κ3) is 3.78. The Hall–Kier alpha value is -6.83. The second-order valence-electron chi connectivity index (χ2n) is 14.6. The van der Waals surface area contributed by atoms with Crippen LogP contribution in [0.15, 0.2) is 188 Å². The third-order valence-electron chi connectivity index (χ3n) is 12.0. The van der Waals surface area contributed by atoms with E-state index in [0.717, 1.165) is 28.1 Å². The van der Waals surface area contributed by atoms with Crippen LogP contribution >= 0.6 is 0 Å². The van der Waals surface area contributed by atoms with E-state index in [4.69, 9.17) is 4.98 Å². The summed E-state index contributed by atoms with van der Waals surface area (Å²) in [6.07, 6.45) is 0. The zero-order valence-electron chi connectivity index (χ0n) is 28.8. The van der Waals surface area contributed by atoms with Gasteiger partial charge < -0.3 is 0 Å². The highest BCUT2D eigenvalue weighted by atomic mass is 14.7. The Morgan fingerprint density at radius 2 is 0.868 bits per heavy atom. The van der Waals surface area contributed by atoms with Gasteiger partial charge in [0.2, 0.25) is 0 Å². The summed E-state index contributed by atoms with van der Waals surface area (Å²) in [5.41, 5.74) is 22.0. The molecular weight excluding hydrogens is 639 g/mol. The zero-order valence-corrected chi connectivity index (χ0v) is 28.8. The summed E-state index contributed by atoms with van der Waals surface area (Å²) in [5.74, 6) is 0. The van der Waals surface area contributed by atoms with Crippen LogP contribution in [0.3, 0.4) is 0 Å². The fourth-order valence-electron chi connectivity index (χ4n) is 9.89. The van der Waals surface area contributed by atoms with Crippen LogP contribution in [0.4, 0.5) is 0 Å². The van der Waals surface area contributed by atoms with Crippen molar-refractivity contribution in [3.63, 3.8) is 0 Å². The van der Waals surface area contributed by atoms with Gasteiger partial charge in [-0.05, 0) is 113 Å². The monoisotopic (exact) mass is 669 g/mol. The summed E-state index contributed by atoms with van der Waals surface area (Å²) in [7, 11) is 0. The molecule has 1 spiro atoms. The summed E-state index contributed by atoms with van der Waals surface area (Å²) in [4.78, 5) is 5.38. The first-order valence-corrected chi connectivity index (χ1v) is 18.5. The molecule has 3 aliphatic rings. The maximum atomic E-state index is 5.38. The summed E-state index contributed by atoms with van der Waals surface area (Å²) in [6.45, 7) is 0. The van der Waals surface area contributed by atoms with Crippen molar-refractivity contribution in [1.29, 1.82) is 0 Å². The lowest BCUT2D eigenvalue weighted by Gasteiger charge is -2.31. The normalized spacial score (nSPS) is 15.2. The van der Waals surface area contributed by atoms with Crippen LogP contribution in [0.1, 0.15) is 22.3 Å². The van der Waals surface area contributed by atoms with Crippen LogP contribution in [-0.4, -0.2) is 4.98 Å². The van der Waals surface area contributed by atoms with Crippen molar-refractivity contribution in [3.8, 4) is 78.1 Å². The molecule has 1 heteroatoms. The van der Waals surface area contributed by atoms with E-state index in [9.17, 15) is 0 Å². The molecule has 0 aliphatic heterocycles. The van der Waals surface area contributed by atoms with Crippen LogP contribution < -0.4 is 0 Å². The van der Waals surface area contributed by atoms with Crippen molar-refractivity contribution in [2.45, 2.75) is 5.41 Å². The summed E-state index contributed by atoms with van der Waals surface area (Å²) >= 11 is 0. The maximum Gasteiger partial charge on any atom is 0.0726 e. The van der Waals surface area contributed by atoms with Crippen LogP contribution in [0.5, 0.6) is 0 Å². The number of pyridine rings is 1. The standard InChI is InChI=1S/C52H31N/c1-3-14-32(15-4-1)35-29-48(33-16-5-2-6-17-33)53-49(30-35)34-26-27-39-38-20-9-11-24-44(38)52(46(39)28-34)45-25-12-10-21-41(45)51-42-23-13-22-40-36-18-7-8-19-37(36)43(50(40)42)31-47(51)52/h1-31H. The highest BCUT2D eigenvalue weighted by molar-refractivity contribution is 6.21. The Balaban J connectivity index is 1.17. The average Bonchev–Trinajstić information content (AvgIpc) is 3.84. The first-order chi connectivity index (χ1) is 26.3. The average molecular weight is 670 g/mol. The number of benzene rings is 8. The van der Waals surface area contributed by atoms with Gasteiger partial charge in [-0.1, -0.05) is 164 Å². The molecule has 0 saturated heterocycles. The molecule has 12 rings (SSSR count). The third-order valence-corrected chi connectivity index (χ3v) is 12.0. The Morgan fingerprint density at radius 3 is 1.62 bits per heavy atom. The maximum absolute atomic E-state index is 5.38. The molecule has 9 aromatic rings. The summed E-state index contributed by atoms with van der Waals surface area (Å²) in [6, 6.07) is 69.5. The van der Waals surface area contributed by atoms with Crippen molar-refractivity contribution in [3.05, 3.63) is 210 Å². The number of rotatable bonds is 3. The van der Waals surface area contributed by atoms with Crippen LogP contribution in [0, 0.1) is 0 Å². The lowest BCUT2D eigenvalue weighted by atomic mass is 9.69. The molecule has 0 radical (unpaired) electrons. The van der Waals surface area contributed by atoms with Crippen LogP contribution in [-0.2, 0) is 5.41 Å². The number of hydrogen-bond acceptors (Lipinski definition) is 1. The molecule has 1 heterocycles. The Bertz CT molecular complexity index is 2930. The van der Waals surface area contributed by atoms with E-state index >= 15 is 0 Å². The Morgan fingerprint density at radius 1 is 0.302 bits per heavy atom. The summed E-state index contributed by atoms with van der Waals surface area (Å²) in [5, 5.41) is 2.71. The van der Waals surface area contributed by atoms with E-state index in [2.05, 4.69) is 188 Å². The lowest BCUT2D eigenvalue weighted by Crippen LogP contribution is -2.26. The minimum absolute atomic E-state index is 0.481. The van der Waals surface area contributed by atoms with E-state index in [1.807, 2.05) is 0 Å². The van der Waals surface area contributed by atoms with Gasteiger partial charge in [-0.15, -0.1) is 0 Å². The number of aromatic nitrogens is 1. The van der Waals surface area contributed by atoms with Gasteiger partial charge in [-0.25, -0.2) is 4.98 Å². The topological polar surface area (TPSA) is 12.9 Å². The molecular formula is C52H31N. The molecule has 3 aliphatic carbocycles. The highest BCUT2D eigenvalue weighted by Gasteiger charge is 2.52. The van der Waals surface area contributed by atoms with Gasteiger partial charge in [0.25, 0.3) is 0 Å². The largest absolute Gasteiger partial charge is 0.248 e. The molecule has 8 aromatic carbocycles. The number of nitrogens with zero attached hydrogens (tertiary/aromatic N) is 1. The summed E-state index contributed by atoms with van der Waals surface area (Å²) < 4.78 is 0. The Kier molecular flexibility index (Phi) is 5.77. The van der Waals surface area contributed by atoms with Gasteiger partial charge in [-0.3, -0.25) is 0 Å². The zero-order chi connectivity index (χ0) is 34.7. The van der Waals surface area contributed by atoms with Crippen molar-refractivity contribution in [1.82, 2.24) is 4.98 Å². The highest BCUT2D eigenvalue weighted by Crippen LogP contribution is 2.66. The van der Waals surface area contributed by atoms with E-state index in [1.165, 1.54) is 83.1 Å². The predicted octanol–water partition coefficient (Wildman–Crippen LogP) is 13.2. The molecule has 1 aromatic heterocycles. The van der Waals surface area contributed by atoms with Crippen LogP contribution in [0.2, 0.25) is 0 Å². The number of hydrogen-bond donors (Lipinski definition) is 0. The van der Waals surface area contributed by atoms with E-state index < -0.39 is 5.41 Å². The molecule has 0 N–H and O–H groups in total. The van der Waals surface area contributed by atoms with Gasteiger partial charge in [-0.2, -0.15) is 0 Å². The van der Waals surface area contributed by atoms with Crippen LogP contribution in [0.25, 0.3) is 88.9 Å². The SMILES string of the molecule is c1ccc(-c2cc(-c3ccccc3)nc(-c3ccc4c(c3)C3(c5ccccc5-4)c4ccccc4-c4c3cc3c5c(cccc45)-c4ccccc4-3)c2)cc1. The van der Waals surface area contributed by atoms with E-state index in [1.54, 1.807) is 0 Å². The first kappa shape index (κ1) is 28.8. The molecule has 53 heavy (non-hydrogen) atoms. The lowest BCUT2D eigenvalue weighted by molar-refractivity contribution is 0.795. The molecule has 0 amide bonds. The first-order valence-electron chi connectivity index (χ1n) is 18.5. The second-order valence-corrected chi connectivity index (χ2v) is 14.6. The molecule has 0 fully saturated rings. The van der Waals surface area contributed by atoms with Gasteiger partial charge in [0.1, 0.15) is 0 Å². The second kappa shape index (κ2) is 10.6. The van der Waals surface area contributed by atoms with Crippen molar-refractivity contribution < 1.29 is 0 Å². The molecule has 1 atom stereocenters. The minimum atomic E-state index is -0.481. The van der Waals surface area contributed by atoms with Crippen molar-refractivity contribution >= 4 is 10.8 Å². The van der Waals surface area contributed by atoms with Gasteiger partial charge in [0, 0.05) is 11.1 Å². The molecule has 244 valence electrons. The van der Waals surface area contributed by atoms with E-state index in [-0.39, 0.29) is 0 Å². The number of fused-ring (bicyclic) bond motifs is 14. The van der Waals surface area contributed by atoms with Gasteiger partial charge >= 0.3 is 0 Å². The molecule has 0 saturated carbocycles. The fourth-order valence-corrected chi connectivity index (χ4v) is 9.89. The van der Waals surface area contributed by atoms with Crippen molar-refractivity contribution in [2.24, 2.45) is 0 Å². The predicted molar refractivity (Wildman–Crippen MR) is 219 cm³/mol. The fraction of sp³-hybridized carbons (Fsp3) is 0.0192. The minimum Gasteiger partial charge on any atom is -0.248 e. The Labute approximate surface area is 308 Å². The smallest absolute Gasteiger partial charge is 0.0726 e. The quantitative estimate of drug-likeness (QED) is 0.182. The van der Waals surface area contributed by atoms with E-state index in [0.29, 0.717) is 0 Å². The molecule has 0 bridgehead atoms. The van der Waals surface area contributed by atoms with Gasteiger partial charge in [0.15, 0.2) is 0 Å². The molecule has 1 unspecified atom stereocenters. The van der Waals surface area contributed by atoms with Gasteiger partial charge in [0.05, 0.1) is 16.8 Å².